The SMILES string of the molecule is Nc1ccc(S(=O)(=O)N2CCOCC2)cc1O. The normalized spacial score (nSPS) is 18.1. The van der Waals surface area contributed by atoms with Crippen molar-refractivity contribution in [2.45, 2.75) is 4.90 Å². The monoisotopic (exact) mass is 258 g/mol. The standard InChI is InChI=1S/C10H14N2O4S/c11-9-2-1-8(7-10(9)13)17(14,15)12-3-5-16-6-4-12/h1-2,7,13H,3-6,11H2. The molecule has 3 N–H and O–H groups in total. The van der Waals surface area contributed by atoms with Gasteiger partial charge in [0.2, 0.25) is 10.0 Å². The van der Waals surface area contributed by atoms with Crippen LogP contribution in [0.25, 0.3) is 0 Å². The van der Waals surface area contributed by atoms with Crippen LogP contribution in [-0.2, 0) is 14.8 Å². The zero-order chi connectivity index (χ0) is 12.5. The Hall–Kier alpha value is -1.31. The summed E-state index contributed by atoms with van der Waals surface area (Å²) in [4.78, 5) is 0.0473. The number of benzene rings is 1. The summed E-state index contributed by atoms with van der Waals surface area (Å²) >= 11 is 0. The van der Waals surface area contributed by atoms with Crippen LogP contribution in [0.4, 0.5) is 5.69 Å². The molecule has 0 saturated carbocycles. The maximum atomic E-state index is 12.2. The van der Waals surface area contributed by atoms with Gasteiger partial charge in [-0.1, -0.05) is 0 Å². The van der Waals surface area contributed by atoms with Gasteiger partial charge >= 0.3 is 0 Å². The van der Waals surface area contributed by atoms with Gasteiger partial charge in [0.25, 0.3) is 0 Å². The second-order valence-corrected chi connectivity index (χ2v) is 5.68. The molecule has 7 heteroatoms. The number of anilines is 1. The van der Waals surface area contributed by atoms with E-state index in [1.54, 1.807) is 0 Å². The molecule has 1 aliphatic heterocycles. The first-order valence-corrected chi connectivity index (χ1v) is 6.62. The average Bonchev–Trinajstić information content (AvgIpc) is 2.33. The molecular formula is C10H14N2O4S. The van der Waals surface area contributed by atoms with Gasteiger partial charge in [-0.25, -0.2) is 8.42 Å². The van der Waals surface area contributed by atoms with Crippen molar-refractivity contribution >= 4 is 15.7 Å². The summed E-state index contributed by atoms with van der Waals surface area (Å²) in [7, 11) is -3.56. The van der Waals surface area contributed by atoms with Gasteiger partial charge in [-0.3, -0.25) is 0 Å². The largest absolute Gasteiger partial charge is 0.506 e. The molecule has 0 bridgehead atoms. The predicted octanol–water partition coefficient (Wildman–Crippen LogP) is -0.00470. The Morgan fingerprint density at radius 3 is 2.53 bits per heavy atom. The van der Waals surface area contributed by atoms with Crippen LogP contribution in [0.3, 0.4) is 0 Å². The van der Waals surface area contributed by atoms with Crippen LogP contribution >= 0.6 is 0 Å². The summed E-state index contributed by atoms with van der Waals surface area (Å²) in [5.74, 6) is -0.223. The highest BCUT2D eigenvalue weighted by Gasteiger charge is 2.26. The molecule has 2 rings (SSSR count). The van der Waals surface area contributed by atoms with Crippen LogP contribution in [0.15, 0.2) is 23.1 Å². The minimum atomic E-state index is -3.56. The summed E-state index contributed by atoms with van der Waals surface area (Å²) in [5.41, 5.74) is 5.59. The number of nitrogens with zero attached hydrogens (tertiary/aromatic N) is 1. The lowest BCUT2D eigenvalue weighted by molar-refractivity contribution is 0.0730. The number of hydrogen-bond acceptors (Lipinski definition) is 5. The Bertz CT molecular complexity index is 509. The third-order valence-corrected chi connectivity index (χ3v) is 4.50. The first-order valence-electron chi connectivity index (χ1n) is 5.18. The Labute approximate surface area is 99.7 Å². The van der Waals surface area contributed by atoms with Crippen molar-refractivity contribution in [3.05, 3.63) is 18.2 Å². The van der Waals surface area contributed by atoms with E-state index in [0.29, 0.717) is 26.3 Å². The highest BCUT2D eigenvalue weighted by molar-refractivity contribution is 7.89. The van der Waals surface area contributed by atoms with E-state index in [1.165, 1.54) is 22.5 Å². The molecule has 1 aromatic carbocycles. The first-order chi connectivity index (χ1) is 8.01. The number of phenols is 1. The molecule has 1 aromatic rings. The van der Waals surface area contributed by atoms with Crippen molar-refractivity contribution in [3.8, 4) is 5.75 Å². The van der Waals surface area contributed by atoms with Crippen LogP contribution in [0.1, 0.15) is 0 Å². The van der Waals surface area contributed by atoms with E-state index in [-0.39, 0.29) is 16.3 Å². The molecule has 0 spiro atoms. The van der Waals surface area contributed by atoms with Crippen molar-refractivity contribution < 1.29 is 18.3 Å². The van der Waals surface area contributed by atoms with E-state index in [4.69, 9.17) is 10.5 Å². The summed E-state index contributed by atoms with van der Waals surface area (Å²) in [6.07, 6.45) is 0. The van der Waals surface area contributed by atoms with Crippen molar-refractivity contribution in [3.63, 3.8) is 0 Å². The van der Waals surface area contributed by atoms with Gasteiger partial charge in [0.05, 0.1) is 23.8 Å². The lowest BCUT2D eigenvalue weighted by Crippen LogP contribution is -2.40. The molecule has 1 heterocycles. The molecule has 94 valence electrons. The molecular weight excluding hydrogens is 244 g/mol. The molecule has 1 fully saturated rings. The third-order valence-electron chi connectivity index (χ3n) is 2.61. The van der Waals surface area contributed by atoms with Crippen molar-refractivity contribution in [1.29, 1.82) is 0 Å². The predicted molar refractivity (Wildman–Crippen MR) is 62.1 cm³/mol. The fourth-order valence-corrected chi connectivity index (χ4v) is 3.05. The third kappa shape index (κ3) is 2.36. The maximum Gasteiger partial charge on any atom is 0.243 e. The van der Waals surface area contributed by atoms with Crippen molar-refractivity contribution in [2.75, 3.05) is 32.0 Å². The Morgan fingerprint density at radius 1 is 1.29 bits per heavy atom. The molecule has 0 aliphatic carbocycles. The molecule has 0 radical (unpaired) electrons. The number of nitrogen functional groups attached to an aromatic ring is 1. The zero-order valence-electron chi connectivity index (χ0n) is 9.17. The lowest BCUT2D eigenvalue weighted by Gasteiger charge is -2.26. The Kier molecular flexibility index (Phi) is 3.23. The number of aromatic hydroxyl groups is 1. The summed E-state index contributed by atoms with van der Waals surface area (Å²) in [6.45, 7) is 1.43. The topological polar surface area (TPSA) is 92.9 Å². The smallest absolute Gasteiger partial charge is 0.243 e. The lowest BCUT2D eigenvalue weighted by atomic mass is 10.3. The second-order valence-electron chi connectivity index (χ2n) is 3.74. The number of ether oxygens (including phenoxy) is 1. The van der Waals surface area contributed by atoms with Gasteiger partial charge in [-0.15, -0.1) is 0 Å². The minimum absolute atomic E-state index is 0.0473. The number of phenolic OH excluding ortho intramolecular Hbond substituents is 1. The van der Waals surface area contributed by atoms with E-state index >= 15 is 0 Å². The number of hydrogen-bond donors (Lipinski definition) is 2. The number of sulfonamides is 1. The van der Waals surface area contributed by atoms with Crippen molar-refractivity contribution in [2.24, 2.45) is 0 Å². The molecule has 17 heavy (non-hydrogen) atoms. The summed E-state index contributed by atoms with van der Waals surface area (Å²) in [6, 6.07) is 3.93. The van der Waals surface area contributed by atoms with E-state index in [0.717, 1.165) is 0 Å². The molecule has 0 atom stereocenters. The fourth-order valence-electron chi connectivity index (χ4n) is 1.62. The Morgan fingerprint density at radius 2 is 1.94 bits per heavy atom. The van der Waals surface area contributed by atoms with Crippen LogP contribution in [-0.4, -0.2) is 44.1 Å². The number of nitrogens with two attached hydrogens (primary N) is 1. The molecule has 6 nitrogen and oxygen atoms in total. The zero-order valence-corrected chi connectivity index (χ0v) is 9.98. The van der Waals surface area contributed by atoms with Crippen LogP contribution in [0.2, 0.25) is 0 Å². The summed E-state index contributed by atoms with van der Waals surface area (Å²) in [5, 5.41) is 9.43. The summed E-state index contributed by atoms with van der Waals surface area (Å²) < 4.78 is 30.8. The van der Waals surface area contributed by atoms with Gasteiger partial charge in [0, 0.05) is 19.2 Å². The molecule has 1 saturated heterocycles. The second kappa shape index (κ2) is 4.52. The van der Waals surface area contributed by atoms with Crippen LogP contribution in [0, 0.1) is 0 Å². The van der Waals surface area contributed by atoms with E-state index in [2.05, 4.69) is 0 Å². The van der Waals surface area contributed by atoms with Gasteiger partial charge in [-0.2, -0.15) is 4.31 Å². The number of morpholine rings is 1. The molecule has 1 aliphatic rings. The minimum Gasteiger partial charge on any atom is -0.506 e. The molecule has 0 unspecified atom stereocenters. The van der Waals surface area contributed by atoms with Gasteiger partial charge in [0.1, 0.15) is 5.75 Å². The highest BCUT2D eigenvalue weighted by atomic mass is 32.2. The van der Waals surface area contributed by atoms with E-state index < -0.39 is 10.0 Å². The van der Waals surface area contributed by atoms with E-state index in [1.807, 2.05) is 0 Å². The fraction of sp³-hybridized carbons (Fsp3) is 0.400. The van der Waals surface area contributed by atoms with Gasteiger partial charge < -0.3 is 15.6 Å². The van der Waals surface area contributed by atoms with Gasteiger partial charge in [0.15, 0.2) is 0 Å². The highest BCUT2D eigenvalue weighted by Crippen LogP contribution is 2.25. The average molecular weight is 258 g/mol. The first kappa shape index (κ1) is 12.2. The van der Waals surface area contributed by atoms with Gasteiger partial charge in [-0.05, 0) is 12.1 Å². The molecule has 0 aromatic heterocycles. The Balaban J connectivity index is 2.33. The van der Waals surface area contributed by atoms with Crippen LogP contribution < -0.4 is 5.73 Å². The quantitative estimate of drug-likeness (QED) is 0.575. The number of rotatable bonds is 2. The molecule has 0 amide bonds. The van der Waals surface area contributed by atoms with E-state index in [9.17, 15) is 13.5 Å². The van der Waals surface area contributed by atoms with Crippen LogP contribution in [0.5, 0.6) is 5.75 Å². The maximum absolute atomic E-state index is 12.2. The van der Waals surface area contributed by atoms with Crippen molar-refractivity contribution in [1.82, 2.24) is 4.31 Å².